The van der Waals surface area contributed by atoms with E-state index in [0.717, 1.165) is 35.2 Å². The Morgan fingerprint density at radius 2 is 2.00 bits per heavy atom. The first-order valence-electron chi connectivity index (χ1n) is 8.38. The van der Waals surface area contributed by atoms with Crippen molar-refractivity contribution in [3.05, 3.63) is 48.1 Å². The Kier molecular flexibility index (Phi) is 6.48. The van der Waals surface area contributed by atoms with Crippen LogP contribution in [0.2, 0.25) is 0 Å². The Morgan fingerprint density at radius 1 is 1.12 bits per heavy atom. The van der Waals surface area contributed by atoms with Crippen molar-refractivity contribution in [2.75, 3.05) is 43.9 Å². The molecule has 0 aliphatic rings. The lowest BCUT2D eigenvalue weighted by Crippen LogP contribution is -2.27. The quantitative estimate of drug-likeness (QED) is 0.534. The van der Waals surface area contributed by atoms with Crippen molar-refractivity contribution >= 4 is 28.7 Å². The summed E-state index contributed by atoms with van der Waals surface area (Å²) in [5.74, 6) is 0.539. The zero-order valence-electron chi connectivity index (χ0n) is 14.6. The number of aliphatic hydroxyl groups is 1. The van der Waals surface area contributed by atoms with Gasteiger partial charge in [0.15, 0.2) is 0 Å². The third-order valence-electron chi connectivity index (χ3n) is 3.73. The second kappa shape index (κ2) is 9.23. The van der Waals surface area contributed by atoms with Crippen molar-refractivity contribution in [3.8, 4) is 10.7 Å². The Balaban J connectivity index is 1.61. The predicted octanol–water partition coefficient (Wildman–Crippen LogP) is 2.68. The zero-order chi connectivity index (χ0) is 18.2. The summed E-state index contributed by atoms with van der Waals surface area (Å²) >= 11 is 1.55. The highest BCUT2D eigenvalue weighted by molar-refractivity contribution is 7.13. The molecular weight excluding hydrogens is 348 g/mol. The van der Waals surface area contributed by atoms with E-state index >= 15 is 0 Å². The van der Waals surface area contributed by atoms with Gasteiger partial charge < -0.3 is 20.6 Å². The van der Waals surface area contributed by atoms with Gasteiger partial charge in [-0.1, -0.05) is 6.07 Å². The van der Waals surface area contributed by atoms with Crippen LogP contribution in [-0.4, -0.2) is 58.2 Å². The molecule has 136 valence electrons. The minimum Gasteiger partial charge on any atom is -0.395 e. The SMILES string of the molecule is CN(CCO)CCNc1cccc(Nc2nccc(-c3nccs3)n2)c1. The van der Waals surface area contributed by atoms with Crippen LogP contribution in [0, 0.1) is 0 Å². The highest BCUT2D eigenvalue weighted by atomic mass is 32.1. The predicted molar refractivity (Wildman–Crippen MR) is 106 cm³/mol. The molecule has 0 saturated carbocycles. The summed E-state index contributed by atoms with van der Waals surface area (Å²) in [4.78, 5) is 15.2. The molecular formula is C18H22N6OS. The highest BCUT2D eigenvalue weighted by Gasteiger charge is 2.05. The fourth-order valence-corrected chi connectivity index (χ4v) is 3.00. The van der Waals surface area contributed by atoms with E-state index < -0.39 is 0 Å². The van der Waals surface area contributed by atoms with Gasteiger partial charge in [-0.3, -0.25) is 0 Å². The number of thiazole rings is 1. The van der Waals surface area contributed by atoms with Crippen molar-refractivity contribution in [1.82, 2.24) is 19.9 Å². The molecule has 0 aliphatic carbocycles. The molecule has 0 aliphatic heterocycles. The first-order chi connectivity index (χ1) is 12.7. The molecule has 7 nitrogen and oxygen atoms in total. The largest absolute Gasteiger partial charge is 0.395 e. The summed E-state index contributed by atoms with van der Waals surface area (Å²) in [6, 6.07) is 9.84. The number of anilines is 3. The Morgan fingerprint density at radius 3 is 2.81 bits per heavy atom. The molecule has 8 heteroatoms. The lowest BCUT2D eigenvalue weighted by Gasteiger charge is -2.16. The van der Waals surface area contributed by atoms with Gasteiger partial charge in [0.25, 0.3) is 0 Å². The minimum absolute atomic E-state index is 0.177. The molecule has 0 atom stereocenters. The van der Waals surface area contributed by atoms with Crippen LogP contribution in [0.1, 0.15) is 0 Å². The van der Waals surface area contributed by atoms with Crippen LogP contribution in [0.15, 0.2) is 48.1 Å². The average molecular weight is 370 g/mol. The third kappa shape index (κ3) is 5.22. The highest BCUT2D eigenvalue weighted by Crippen LogP contribution is 2.22. The molecule has 0 saturated heterocycles. The normalized spacial score (nSPS) is 10.9. The lowest BCUT2D eigenvalue weighted by atomic mass is 10.2. The van der Waals surface area contributed by atoms with Gasteiger partial charge in [0.1, 0.15) is 10.7 Å². The summed E-state index contributed by atoms with van der Waals surface area (Å²) in [7, 11) is 1.99. The van der Waals surface area contributed by atoms with Crippen LogP contribution in [0.25, 0.3) is 10.7 Å². The van der Waals surface area contributed by atoms with Crippen molar-refractivity contribution in [2.45, 2.75) is 0 Å². The van der Waals surface area contributed by atoms with Crippen LogP contribution in [0.5, 0.6) is 0 Å². The van der Waals surface area contributed by atoms with Gasteiger partial charge in [-0.2, -0.15) is 0 Å². The van der Waals surface area contributed by atoms with Gasteiger partial charge in [-0.25, -0.2) is 15.0 Å². The van der Waals surface area contributed by atoms with Gasteiger partial charge in [-0.15, -0.1) is 11.3 Å². The van der Waals surface area contributed by atoms with E-state index in [1.165, 1.54) is 0 Å². The second-order valence-corrected chi connectivity index (χ2v) is 6.66. The standard InChI is InChI=1S/C18H22N6OS/c1-24(10-11-25)9-7-19-14-3-2-4-15(13-14)22-18-21-6-5-16(23-18)17-20-8-12-26-17/h2-6,8,12-13,19,25H,7,9-11H2,1H3,(H,21,22,23). The molecule has 1 aromatic carbocycles. The van der Waals surface area contributed by atoms with Gasteiger partial charge >= 0.3 is 0 Å². The third-order valence-corrected chi connectivity index (χ3v) is 4.53. The van der Waals surface area contributed by atoms with Crippen molar-refractivity contribution < 1.29 is 5.11 Å². The molecule has 0 fully saturated rings. The number of hydrogen-bond donors (Lipinski definition) is 3. The number of nitrogens with one attached hydrogen (secondary N) is 2. The maximum Gasteiger partial charge on any atom is 0.227 e. The topological polar surface area (TPSA) is 86.2 Å². The number of aromatic nitrogens is 3. The first kappa shape index (κ1) is 18.2. The van der Waals surface area contributed by atoms with E-state index in [2.05, 4.69) is 30.5 Å². The molecule has 3 aromatic rings. The number of rotatable bonds is 9. The van der Waals surface area contributed by atoms with Crippen LogP contribution in [0.4, 0.5) is 17.3 Å². The number of benzene rings is 1. The number of aliphatic hydroxyl groups excluding tert-OH is 1. The summed E-state index contributed by atoms with van der Waals surface area (Å²) in [5.41, 5.74) is 2.73. The molecule has 2 aromatic heterocycles. The Hall–Kier alpha value is -2.55. The maximum absolute atomic E-state index is 8.92. The molecule has 0 unspecified atom stereocenters. The van der Waals surface area contributed by atoms with Crippen molar-refractivity contribution in [2.24, 2.45) is 0 Å². The number of hydrogen-bond acceptors (Lipinski definition) is 8. The van der Waals surface area contributed by atoms with Gasteiger partial charge in [0.05, 0.1) is 6.61 Å². The molecule has 0 bridgehead atoms. The van der Waals surface area contributed by atoms with Crippen molar-refractivity contribution in [1.29, 1.82) is 0 Å². The van der Waals surface area contributed by atoms with E-state index in [1.807, 2.05) is 42.8 Å². The van der Waals surface area contributed by atoms with E-state index in [1.54, 1.807) is 23.7 Å². The molecule has 0 radical (unpaired) electrons. The van der Waals surface area contributed by atoms with Crippen molar-refractivity contribution in [3.63, 3.8) is 0 Å². The van der Waals surface area contributed by atoms with E-state index in [-0.39, 0.29) is 6.61 Å². The Bertz CT molecular complexity index is 811. The second-order valence-electron chi connectivity index (χ2n) is 5.76. The molecule has 0 amide bonds. The van der Waals surface area contributed by atoms with E-state index in [0.29, 0.717) is 12.5 Å². The average Bonchev–Trinajstić information content (AvgIpc) is 3.17. The molecule has 2 heterocycles. The number of likely N-dealkylation sites (N-methyl/N-ethyl adjacent to an activating group) is 1. The molecule has 3 rings (SSSR count). The van der Waals surface area contributed by atoms with Gasteiger partial charge in [-0.05, 0) is 31.3 Å². The maximum atomic E-state index is 8.92. The molecule has 0 spiro atoms. The van der Waals surface area contributed by atoms with Crippen LogP contribution in [0.3, 0.4) is 0 Å². The minimum atomic E-state index is 0.177. The lowest BCUT2D eigenvalue weighted by molar-refractivity contribution is 0.225. The summed E-state index contributed by atoms with van der Waals surface area (Å²) in [6.45, 7) is 2.51. The smallest absolute Gasteiger partial charge is 0.227 e. The Labute approximate surface area is 156 Å². The fraction of sp³-hybridized carbons (Fsp3) is 0.278. The first-order valence-corrected chi connectivity index (χ1v) is 9.26. The van der Waals surface area contributed by atoms with Crippen LogP contribution < -0.4 is 10.6 Å². The number of nitrogens with zero attached hydrogens (tertiary/aromatic N) is 4. The van der Waals surface area contributed by atoms with Crippen LogP contribution >= 0.6 is 11.3 Å². The summed E-state index contributed by atoms with van der Waals surface area (Å²) in [6.07, 6.45) is 3.49. The monoisotopic (exact) mass is 370 g/mol. The summed E-state index contributed by atoms with van der Waals surface area (Å²) < 4.78 is 0. The fourth-order valence-electron chi connectivity index (χ4n) is 2.40. The van der Waals surface area contributed by atoms with Gasteiger partial charge in [0, 0.05) is 48.8 Å². The molecule has 3 N–H and O–H groups in total. The molecule has 26 heavy (non-hydrogen) atoms. The van der Waals surface area contributed by atoms with Gasteiger partial charge in [0.2, 0.25) is 5.95 Å². The summed E-state index contributed by atoms with van der Waals surface area (Å²) in [5, 5.41) is 18.3. The zero-order valence-corrected chi connectivity index (χ0v) is 15.4. The van der Waals surface area contributed by atoms with Crippen LogP contribution in [-0.2, 0) is 0 Å². The van der Waals surface area contributed by atoms with E-state index in [9.17, 15) is 0 Å². The van der Waals surface area contributed by atoms with E-state index in [4.69, 9.17) is 5.11 Å².